The van der Waals surface area contributed by atoms with E-state index in [0.29, 0.717) is 5.56 Å². The summed E-state index contributed by atoms with van der Waals surface area (Å²) in [4.78, 5) is 15.2. The largest absolute Gasteiger partial charge is 0.352 e. The van der Waals surface area contributed by atoms with Gasteiger partial charge < -0.3 is 5.32 Å². The second-order valence-electron chi connectivity index (χ2n) is 7.18. The molecule has 0 bridgehead atoms. The van der Waals surface area contributed by atoms with E-state index in [9.17, 15) is 13.6 Å². The first-order valence-corrected chi connectivity index (χ1v) is 9.16. The third-order valence-corrected chi connectivity index (χ3v) is 5.66. The number of carbonyl (C=O) groups excluding carboxylic acids is 1. The smallest absolute Gasteiger partial charge is 0.225 e. The van der Waals surface area contributed by atoms with Crippen molar-refractivity contribution < 1.29 is 13.6 Å². The molecule has 136 valence electrons. The van der Waals surface area contributed by atoms with Crippen LogP contribution >= 0.6 is 0 Å². The van der Waals surface area contributed by atoms with Crippen LogP contribution in [0.3, 0.4) is 0 Å². The van der Waals surface area contributed by atoms with Crippen molar-refractivity contribution in [3.63, 3.8) is 0 Å². The van der Waals surface area contributed by atoms with Crippen molar-refractivity contribution in [2.75, 3.05) is 6.54 Å². The van der Waals surface area contributed by atoms with Gasteiger partial charge in [-0.15, -0.1) is 0 Å². The number of halogens is 2. The van der Waals surface area contributed by atoms with Gasteiger partial charge in [0.05, 0.1) is 5.92 Å². The summed E-state index contributed by atoms with van der Waals surface area (Å²) in [7, 11) is 0. The summed E-state index contributed by atoms with van der Waals surface area (Å²) < 4.78 is 26.4. The molecule has 3 atom stereocenters. The van der Waals surface area contributed by atoms with E-state index in [1.807, 2.05) is 18.2 Å². The molecule has 0 saturated carbocycles. The lowest BCUT2D eigenvalue weighted by Crippen LogP contribution is -2.37. The molecular formula is C21H22F2N2O. The molecule has 5 heteroatoms. The Morgan fingerprint density at radius 3 is 2.69 bits per heavy atom. The zero-order valence-corrected chi connectivity index (χ0v) is 14.5. The second-order valence-corrected chi connectivity index (χ2v) is 7.18. The lowest BCUT2D eigenvalue weighted by atomic mass is 9.93. The fraction of sp³-hybridized carbons (Fsp3) is 0.381. The molecule has 1 N–H and O–H groups in total. The molecule has 2 aromatic carbocycles. The van der Waals surface area contributed by atoms with Gasteiger partial charge in [0.25, 0.3) is 0 Å². The van der Waals surface area contributed by atoms with Gasteiger partial charge in [-0.3, -0.25) is 9.69 Å². The van der Waals surface area contributed by atoms with E-state index >= 15 is 0 Å². The zero-order chi connectivity index (χ0) is 18.1. The minimum atomic E-state index is -0.885. The maximum absolute atomic E-state index is 13.3. The van der Waals surface area contributed by atoms with Crippen molar-refractivity contribution in [3.05, 3.63) is 71.3 Å². The van der Waals surface area contributed by atoms with Crippen LogP contribution in [0.2, 0.25) is 0 Å². The van der Waals surface area contributed by atoms with Crippen LogP contribution < -0.4 is 5.32 Å². The van der Waals surface area contributed by atoms with E-state index in [1.165, 1.54) is 11.6 Å². The Balaban J connectivity index is 1.45. The number of hydrogen-bond donors (Lipinski definition) is 1. The third-order valence-electron chi connectivity index (χ3n) is 5.66. The van der Waals surface area contributed by atoms with E-state index < -0.39 is 11.6 Å². The molecule has 4 rings (SSSR count). The van der Waals surface area contributed by atoms with E-state index in [4.69, 9.17) is 0 Å². The summed E-state index contributed by atoms with van der Waals surface area (Å²) in [6, 6.07) is 14.6. The number of benzene rings is 2. The van der Waals surface area contributed by atoms with Gasteiger partial charge in [0.1, 0.15) is 0 Å². The highest BCUT2D eigenvalue weighted by molar-refractivity contribution is 5.80. The summed E-state index contributed by atoms with van der Waals surface area (Å²) in [6.45, 7) is 1.24. The molecule has 0 aromatic heterocycles. The minimum Gasteiger partial charge on any atom is -0.352 e. The number of hydrogen-bond acceptors (Lipinski definition) is 2. The van der Waals surface area contributed by atoms with Crippen molar-refractivity contribution in [2.45, 2.75) is 37.9 Å². The van der Waals surface area contributed by atoms with E-state index in [2.05, 4.69) is 22.3 Å². The SMILES string of the molecule is O=C(NCc1ccc(F)c(F)c1)[C@H]1C[C@@H](c2ccccc2)N2CCC[C@H]12. The number of fused-ring (bicyclic) bond motifs is 1. The number of nitrogens with zero attached hydrogens (tertiary/aromatic N) is 1. The predicted octanol–water partition coefficient (Wildman–Crippen LogP) is 3.81. The Hall–Kier alpha value is -2.27. The monoisotopic (exact) mass is 356 g/mol. The molecule has 2 fully saturated rings. The molecule has 0 unspecified atom stereocenters. The Bertz CT molecular complexity index is 796. The summed E-state index contributed by atoms with van der Waals surface area (Å²) in [5.74, 6) is -1.81. The minimum absolute atomic E-state index is 0.00469. The van der Waals surface area contributed by atoms with Gasteiger partial charge in [-0.1, -0.05) is 36.4 Å². The Morgan fingerprint density at radius 2 is 1.92 bits per heavy atom. The van der Waals surface area contributed by atoms with Crippen molar-refractivity contribution in [1.82, 2.24) is 10.2 Å². The molecule has 0 spiro atoms. The summed E-state index contributed by atoms with van der Waals surface area (Å²) in [6.07, 6.45) is 2.95. The summed E-state index contributed by atoms with van der Waals surface area (Å²) in [5, 5.41) is 2.92. The highest BCUT2D eigenvalue weighted by Crippen LogP contribution is 2.44. The van der Waals surface area contributed by atoms with Crippen LogP contribution in [-0.4, -0.2) is 23.4 Å². The van der Waals surface area contributed by atoms with Gasteiger partial charge in [0.2, 0.25) is 5.91 Å². The van der Waals surface area contributed by atoms with Crippen LogP contribution in [0.4, 0.5) is 8.78 Å². The maximum Gasteiger partial charge on any atom is 0.225 e. The highest BCUT2D eigenvalue weighted by Gasteiger charge is 2.46. The maximum atomic E-state index is 13.3. The van der Waals surface area contributed by atoms with Crippen LogP contribution in [0.5, 0.6) is 0 Å². The molecule has 0 radical (unpaired) electrons. The quantitative estimate of drug-likeness (QED) is 0.904. The first-order valence-electron chi connectivity index (χ1n) is 9.16. The first-order chi connectivity index (χ1) is 12.6. The van der Waals surface area contributed by atoms with Gasteiger partial charge in [-0.05, 0) is 49.1 Å². The van der Waals surface area contributed by atoms with E-state index in [1.54, 1.807) is 0 Å². The van der Waals surface area contributed by atoms with Crippen LogP contribution in [0.15, 0.2) is 48.5 Å². The van der Waals surface area contributed by atoms with Gasteiger partial charge >= 0.3 is 0 Å². The number of amides is 1. The van der Waals surface area contributed by atoms with Gasteiger partial charge in [0, 0.05) is 18.6 Å². The van der Waals surface area contributed by atoms with Crippen molar-refractivity contribution in [1.29, 1.82) is 0 Å². The van der Waals surface area contributed by atoms with Crippen LogP contribution in [0, 0.1) is 17.6 Å². The molecule has 2 aliphatic heterocycles. The normalized spacial score (nSPS) is 25.2. The predicted molar refractivity (Wildman–Crippen MR) is 95.2 cm³/mol. The Labute approximate surface area is 152 Å². The van der Waals surface area contributed by atoms with Crippen LogP contribution in [0.1, 0.15) is 36.4 Å². The molecule has 2 aromatic rings. The average molecular weight is 356 g/mol. The number of carbonyl (C=O) groups is 1. The third kappa shape index (κ3) is 3.23. The molecule has 3 nitrogen and oxygen atoms in total. The molecule has 26 heavy (non-hydrogen) atoms. The number of rotatable bonds is 4. The molecule has 2 aliphatic rings. The first kappa shape index (κ1) is 17.2. The van der Waals surface area contributed by atoms with E-state index in [-0.39, 0.29) is 30.5 Å². The van der Waals surface area contributed by atoms with Crippen molar-refractivity contribution >= 4 is 5.91 Å². The van der Waals surface area contributed by atoms with Gasteiger partial charge in [-0.2, -0.15) is 0 Å². The Kier molecular flexibility index (Phi) is 4.72. The zero-order valence-electron chi connectivity index (χ0n) is 14.5. The summed E-state index contributed by atoms with van der Waals surface area (Å²) in [5.41, 5.74) is 1.83. The summed E-state index contributed by atoms with van der Waals surface area (Å²) >= 11 is 0. The topological polar surface area (TPSA) is 32.3 Å². The van der Waals surface area contributed by atoms with Crippen molar-refractivity contribution in [2.24, 2.45) is 5.92 Å². The van der Waals surface area contributed by atoms with Crippen LogP contribution in [0.25, 0.3) is 0 Å². The molecular weight excluding hydrogens is 334 g/mol. The highest BCUT2D eigenvalue weighted by atomic mass is 19.2. The Morgan fingerprint density at radius 1 is 1.12 bits per heavy atom. The lowest BCUT2D eigenvalue weighted by molar-refractivity contribution is -0.125. The second kappa shape index (κ2) is 7.16. The molecule has 1 amide bonds. The molecule has 2 saturated heterocycles. The average Bonchev–Trinajstić information content (AvgIpc) is 3.26. The van der Waals surface area contributed by atoms with Crippen molar-refractivity contribution in [3.8, 4) is 0 Å². The molecule has 0 aliphatic carbocycles. The number of nitrogens with one attached hydrogen (secondary N) is 1. The van der Waals surface area contributed by atoms with E-state index in [0.717, 1.165) is 37.9 Å². The standard InChI is InChI=1S/C21H22F2N2O/c22-17-9-8-14(11-18(17)23)13-24-21(26)16-12-20(15-5-2-1-3-6-15)25-10-4-7-19(16)25/h1-3,5-6,8-9,11,16,19-20H,4,7,10,12-13H2,(H,24,26)/t16-,19+,20-/m0/s1. The van der Waals surface area contributed by atoms with Gasteiger partial charge in [0.15, 0.2) is 11.6 Å². The lowest BCUT2D eigenvalue weighted by Gasteiger charge is -2.24. The van der Waals surface area contributed by atoms with Crippen LogP contribution in [-0.2, 0) is 11.3 Å². The fourth-order valence-corrected chi connectivity index (χ4v) is 4.42. The van der Waals surface area contributed by atoms with Gasteiger partial charge in [-0.25, -0.2) is 8.78 Å². The fourth-order valence-electron chi connectivity index (χ4n) is 4.42. The molecule has 2 heterocycles.